The van der Waals surface area contributed by atoms with Crippen LogP contribution >= 0.6 is 23.1 Å². The van der Waals surface area contributed by atoms with Crippen molar-refractivity contribution in [3.8, 4) is 11.5 Å². The lowest BCUT2D eigenvalue weighted by atomic mass is 10.1. The van der Waals surface area contributed by atoms with Crippen molar-refractivity contribution < 1.29 is 14.3 Å². The molecule has 2 aromatic carbocycles. The number of amides is 1. The van der Waals surface area contributed by atoms with Crippen molar-refractivity contribution in [1.29, 1.82) is 0 Å². The van der Waals surface area contributed by atoms with Gasteiger partial charge in [0.15, 0.2) is 15.8 Å². The molecule has 0 radical (unpaired) electrons. The fraction of sp³-hybridized carbons (Fsp3) is 0.211. The van der Waals surface area contributed by atoms with Gasteiger partial charge in [-0.2, -0.15) is 0 Å². The molecule has 0 fully saturated rings. The van der Waals surface area contributed by atoms with Gasteiger partial charge in [-0.1, -0.05) is 46.9 Å². The van der Waals surface area contributed by atoms with Crippen LogP contribution in [-0.4, -0.2) is 22.9 Å². The summed E-state index contributed by atoms with van der Waals surface area (Å²) in [6, 6.07) is 11.5. The molecule has 6 nitrogen and oxygen atoms in total. The fourth-order valence-corrected chi connectivity index (χ4v) is 4.43. The third-order valence-electron chi connectivity index (χ3n) is 4.12. The van der Waals surface area contributed by atoms with Crippen LogP contribution in [0.3, 0.4) is 0 Å². The Morgan fingerprint density at radius 1 is 1.15 bits per heavy atom. The van der Waals surface area contributed by atoms with Gasteiger partial charge in [-0.05, 0) is 43.2 Å². The minimum Gasteiger partial charge on any atom is -0.454 e. The highest BCUT2D eigenvalue weighted by Gasteiger charge is 2.17. The van der Waals surface area contributed by atoms with E-state index in [2.05, 4.69) is 47.6 Å². The lowest BCUT2D eigenvalue weighted by molar-refractivity contribution is 0.102. The summed E-state index contributed by atoms with van der Waals surface area (Å²) in [4.78, 5) is 12.4. The Morgan fingerprint density at radius 2 is 2.00 bits per heavy atom. The fourth-order valence-electron chi connectivity index (χ4n) is 2.62. The molecule has 1 aromatic heterocycles. The van der Waals surface area contributed by atoms with Crippen LogP contribution in [0.15, 0.2) is 40.7 Å². The molecule has 0 unspecified atom stereocenters. The maximum absolute atomic E-state index is 12.4. The van der Waals surface area contributed by atoms with Crippen molar-refractivity contribution in [1.82, 2.24) is 10.2 Å². The second-order valence-corrected chi connectivity index (χ2v) is 8.31. The Bertz CT molecular complexity index is 1000. The lowest BCUT2D eigenvalue weighted by Crippen LogP contribution is -2.11. The average Bonchev–Trinajstić information content (AvgIpc) is 3.30. The first-order valence-electron chi connectivity index (χ1n) is 8.32. The molecular weight excluding hydrogens is 382 g/mol. The molecule has 1 N–H and O–H groups in total. The van der Waals surface area contributed by atoms with Gasteiger partial charge in [-0.15, -0.1) is 10.2 Å². The van der Waals surface area contributed by atoms with Gasteiger partial charge >= 0.3 is 0 Å². The van der Waals surface area contributed by atoms with E-state index in [4.69, 9.17) is 9.47 Å². The number of aryl methyl sites for hydroxylation is 2. The van der Waals surface area contributed by atoms with Gasteiger partial charge < -0.3 is 9.47 Å². The molecule has 0 aliphatic carbocycles. The number of carbonyl (C=O) groups is 1. The molecule has 1 aliphatic rings. The molecule has 2 heterocycles. The van der Waals surface area contributed by atoms with Gasteiger partial charge in [0.05, 0.1) is 0 Å². The Kier molecular flexibility index (Phi) is 5.00. The van der Waals surface area contributed by atoms with Crippen LogP contribution in [0.2, 0.25) is 0 Å². The minimum atomic E-state index is -0.254. The molecule has 3 aromatic rings. The summed E-state index contributed by atoms with van der Waals surface area (Å²) in [6.07, 6.45) is 0. The summed E-state index contributed by atoms with van der Waals surface area (Å²) < 4.78 is 11.4. The van der Waals surface area contributed by atoms with E-state index in [1.165, 1.54) is 28.0 Å². The van der Waals surface area contributed by atoms with Gasteiger partial charge in [0, 0.05) is 11.3 Å². The van der Waals surface area contributed by atoms with Gasteiger partial charge in [-0.25, -0.2) is 0 Å². The van der Waals surface area contributed by atoms with Gasteiger partial charge in [0.25, 0.3) is 5.91 Å². The Balaban J connectivity index is 1.39. The normalized spacial score (nSPS) is 12.2. The number of carbonyl (C=O) groups excluding carboxylic acids is 1. The van der Waals surface area contributed by atoms with Gasteiger partial charge in [0.2, 0.25) is 11.9 Å². The number of fused-ring (bicyclic) bond motifs is 1. The largest absolute Gasteiger partial charge is 0.454 e. The summed E-state index contributed by atoms with van der Waals surface area (Å²) in [7, 11) is 0. The molecule has 0 atom stereocenters. The number of hydrogen-bond acceptors (Lipinski definition) is 7. The molecular formula is C19H17N3O3S2. The van der Waals surface area contributed by atoms with Crippen LogP contribution in [0, 0.1) is 13.8 Å². The number of nitrogens with zero attached hydrogens (tertiary/aromatic N) is 2. The quantitative estimate of drug-likeness (QED) is 0.505. The highest BCUT2D eigenvalue weighted by atomic mass is 32.2. The van der Waals surface area contributed by atoms with Crippen LogP contribution in [-0.2, 0) is 5.75 Å². The summed E-state index contributed by atoms with van der Waals surface area (Å²) in [5.41, 5.74) is 4.26. The van der Waals surface area contributed by atoms with Crippen LogP contribution in [0.25, 0.3) is 0 Å². The summed E-state index contributed by atoms with van der Waals surface area (Å²) in [6.45, 7) is 4.37. The predicted octanol–water partition coefficient (Wildman–Crippen LogP) is 4.43. The van der Waals surface area contributed by atoms with Crippen molar-refractivity contribution in [2.75, 3.05) is 12.1 Å². The molecule has 8 heteroatoms. The second-order valence-electron chi connectivity index (χ2n) is 6.11. The van der Waals surface area contributed by atoms with E-state index in [9.17, 15) is 4.79 Å². The molecule has 1 aliphatic heterocycles. The van der Waals surface area contributed by atoms with Crippen molar-refractivity contribution in [2.45, 2.75) is 23.9 Å². The molecule has 0 bridgehead atoms. The zero-order chi connectivity index (χ0) is 18.8. The van der Waals surface area contributed by atoms with Crippen molar-refractivity contribution in [2.24, 2.45) is 0 Å². The summed E-state index contributed by atoms with van der Waals surface area (Å²) in [5, 5.41) is 11.5. The predicted molar refractivity (Wildman–Crippen MR) is 106 cm³/mol. The first kappa shape index (κ1) is 17.8. The van der Waals surface area contributed by atoms with Crippen LogP contribution in [0.4, 0.5) is 5.13 Å². The summed E-state index contributed by atoms with van der Waals surface area (Å²) in [5.74, 6) is 1.78. The average molecular weight is 399 g/mol. The number of aromatic nitrogens is 2. The summed E-state index contributed by atoms with van der Waals surface area (Å²) >= 11 is 2.98. The monoisotopic (exact) mass is 399 g/mol. The number of benzene rings is 2. The first-order valence-corrected chi connectivity index (χ1v) is 10.1. The lowest BCUT2D eigenvalue weighted by Gasteiger charge is -2.05. The maximum Gasteiger partial charge on any atom is 0.257 e. The van der Waals surface area contributed by atoms with E-state index in [0.29, 0.717) is 22.2 Å². The molecule has 4 rings (SSSR count). The molecule has 0 saturated carbocycles. The Labute approximate surface area is 164 Å². The second kappa shape index (κ2) is 7.58. The zero-order valence-electron chi connectivity index (χ0n) is 14.8. The van der Waals surface area contributed by atoms with Crippen molar-refractivity contribution in [3.63, 3.8) is 0 Å². The topological polar surface area (TPSA) is 73.3 Å². The van der Waals surface area contributed by atoms with Crippen LogP contribution in [0.5, 0.6) is 11.5 Å². The SMILES string of the molecule is Cc1ccc(C)c(CSc2nnc(NC(=O)c3ccc4c(c3)OCO4)s2)c1. The van der Waals surface area contributed by atoms with Gasteiger partial charge in [-0.3, -0.25) is 10.1 Å². The van der Waals surface area contributed by atoms with E-state index in [-0.39, 0.29) is 12.7 Å². The van der Waals surface area contributed by atoms with E-state index >= 15 is 0 Å². The third kappa shape index (κ3) is 4.06. The molecule has 27 heavy (non-hydrogen) atoms. The number of anilines is 1. The number of thioether (sulfide) groups is 1. The van der Waals surface area contributed by atoms with Crippen molar-refractivity contribution in [3.05, 3.63) is 58.7 Å². The number of hydrogen-bond donors (Lipinski definition) is 1. The first-order chi connectivity index (χ1) is 13.1. The highest BCUT2D eigenvalue weighted by molar-refractivity contribution is 8.00. The smallest absolute Gasteiger partial charge is 0.257 e. The van der Waals surface area contributed by atoms with Crippen LogP contribution < -0.4 is 14.8 Å². The molecule has 1 amide bonds. The molecule has 0 spiro atoms. The Hall–Kier alpha value is -2.58. The number of nitrogens with one attached hydrogen (secondary N) is 1. The standard InChI is InChI=1S/C19H17N3O3S2/c1-11-3-4-12(2)14(7-11)9-26-19-22-21-18(27-19)20-17(23)13-5-6-15-16(8-13)25-10-24-15/h3-8H,9-10H2,1-2H3,(H,20,21,23). The van der Waals surface area contributed by atoms with Crippen LogP contribution in [0.1, 0.15) is 27.0 Å². The van der Waals surface area contributed by atoms with E-state index in [0.717, 1.165) is 10.1 Å². The van der Waals surface area contributed by atoms with E-state index in [1.54, 1.807) is 30.0 Å². The van der Waals surface area contributed by atoms with Gasteiger partial charge in [0.1, 0.15) is 0 Å². The van der Waals surface area contributed by atoms with E-state index in [1.807, 2.05) is 0 Å². The van der Waals surface area contributed by atoms with Crippen molar-refractivity contribution >= 4 is 34.1 Å². The maximum atomic E-state index is 12.4. The molecule has 138 valence electrons. The third-order valence-corrected chi connectivity index (χ3v) is 6.14. The number of ether oxygens (including phenoxy) is 2. The van der Waals surface area contributed by atoms with E-state index < -0.39 is 0 Å². The molecule has 0 saturated heterocycles. The zero-order valence-corrected chi connectivity index (χ0v) is 16.4. The highest BCUT2D eigenvalue weighted by Crippen LogP contribution is 2.33. The number of rotatable bonds is 5. The minimum absolute atomic E-state index is 0.178. The Morgan fingerprint density at radius 3 is 2.89 bits per heavy atom.